The highest BCUT2D eigenvalue weighted by Gasteiger charge is 2.24. The largest absolute Gasteiger partial charge is 0.507 e. The summed E-state index contributed by atoms with van der Waals surface area (Å²) in [6, 6.07) is 23.5. The molecule has 3 nitrogen and oxygen atoms in total. The summed E-state index contributed by atoms with van der Waals surface area (Å²) in [6.45, 7) is 0. The molecule has 4 rings (SSSR count). The van der Waals surface area contributed by atoms with Crippen molar-refractivity contribution in [2.75, 3.05) is 0 Å². The lowest BCUT2D eigenvalue weighted by Crippen LogP contribution is -2.01. The molecular weight excluding hydrogens is 300 g/mol. The summed E-state index contributed by atoms with van der Waals surface area (Å²) in [6.07, 6.45) is 0. The quantitative estimate of drug-likeness (QED) is 0.539. The first-order valence-electron chi connectivity index (χ1n) is 7.65. The van der Waals surface area contributed by atoms with Gasteiger partial charge in [-0.1, -0.05) is 66.7 Å². The lowest BCUT2D eigenvalue weighted by molar-refractivity contribution is 0.101. The highest BCUT2D eigenvalue weighted by molar-refractivity contribution is 6.16. The molecule has 0 radical (unpaired) electrons. The molecule has 0 unspecified atom stereocenters. The summed E-state index contributed by atoms with van der Waals surface area (Å²) in [5, 5.41) is 10.9. The standard InChI is InChI=1S/C21H14O3/c22-16-12-7-13-17-19(16)18(14-8-3-1-4-9-14)21(24-17)20(23)15-10-5-2-6-11-15/h1-13,22H. The minimum absolute atomic E-state index is 0.0993. The number of ketones is 1. The van der Waals surface area contributed by atoms with E-state index < -0.39 is 0 Å². The second-order valence-electron chi connectivity index (χ2n) is 5.52. The van der Waals surface area contributed by atoms with Gasteiger partial charge in [0.25, 0.3) is 0 Å². The van der Waals surface area contributed by atoms with Crippen LogP contribution < -0.4 is 0 Å². The fraction of sp³-hybridized carbons (Fsp3) is 0. The van der Waals surface area contributed by atoms with Crippen LogP contribution in [0.2, 0.25) is 0 Å². The van der Waals surface area contributed by atoms with E-state index in [0.717, 1.165) is 5.56 Å². The molecule has 3 aromatic carbocycles. The number of carbonyl (C=O) groups is 1. The average Bonchev–Trinajstić information content (AvgIpc) is 3.03. The number of rotatable bonds is 3. The van der Waals surface area contributed by atoms with Crippen molar-refractivity contribution in [3.05, 3.63) is 90.2 Å². The van der Waals surface area contributed by atoms with E-state index >= 15 is 0 Å². The third-order valence-electron chi connectivity index (χ3n) is 4.00. The number of hydrogen-bond acceptors (Lipinski definition) is 3. The molecule has 1 heterocycles. The number of hydrogen-bond donors (Lipinski definition) is 1. The lowest BCUT2D eigenvalue weighted by Gasteiger charge is -2.04. The number of carbonyl (C=O) groups excluding carboxylic acids is 1. The fourth-order valence-corrected chi connectivity index (χ4v) is 2.89. The first kappa shape index (κ1) is 14.3. The van der Waals surface area contributed by atoms with E-state index in [-0.39, 0.29) is 17.3 Å². The van der Waals surface area contributed by atoms with Crippen LogP contribution in [-0.2, 0) is 0 Å². The van der Waals surface area contributed by atoms with Gasteiger partial charge in [-0.05, 0) is 17.7 Å². The molecule has 0 aliphatic carbocycles. The molecule has 0 fully saturated rings. The topological polar surface area (TPSA) is 50.4 Å². The summed E-state index contributed by atoms with van der Waals surface area (Å²) >= 11 is 0. The van der Waals surface area contributed by atoms with E-state index in [1.807, 2.05) is 48.5 Å². The molecule has 0 saturated carbocycles. The van der Waals surface area contributed by atoms with Gasteiger partial charge in [-0.3, -0.25) is 4.79 Å². The molecule has 1 aromatic heterocycles. The monoisotopic (exact) mass is 314 g/mol. The Kier molecular flexibility index (Phi) is 3.39. The van der Waals surface area contributed by atoms with E-state index in [1.54, 1.807) is 30.3 Å². The van der Waals surface area contributed by atoms with E-state index in [9.17, 15) is 9.90 Å². The van der Waals surface area contributed by atoms with Gasteiger partial charge in [0.15, 0.2) is 5.76 Å². The fourth-order valence-electron chi connectivity index (χ4n) is 2.89. The Labute approximate surface area is 138 Å². The van der Waals surface area contributed by atoms with Gasteiger partial charge in [-0.15, -0.1) is 0 Å². The number of fused-ring (bicyclic) bond motifs is 1. The van der Waals surface area contributed by atoms with Gasteiger partial charge in [0.1, 0.15) is 11.3 Å². The molecule has 0 saturated heterocycles. The van der Waals surface area contributed by atoms with Gasteiger partial charge in [0.2, 0.25) is 5.78 Å². The maximum Gasteiger partial charge on any atom is 0.228 e. The van der Waals surface area contributed by atoms with Crippen molar-refractivity contribution in [3.8, 4) is 16.9 Å². The summed E-state index contributed by atoms with van der Waals surface area (Å²) in [5.74, 6) is 0.135. The highest BCUT2D eigenvalue weighted by Crippen LogP contribution is 2.40. The molecule has 24 heavy (non-hydrogen) atoms. The van der Waals surface area contributed by atoms with Crippen LogP contribution in [0.3, 0.4) is 0 Å². The number of phenols is 1. The summed E-state index contributed by atoms with van der Waals surface area (Å²) in [5.41, 5.74) is 2.50. The van der Waals surface area contributed by atoms with Gasteiger partial charge >= 0.3 is 0 Å². The molecule has 0 spiro atoms. The van der Waals surface area contributed by atoms with Gasteiger partial charge in [0.05, 0.1) is 5.39 Å². The number of benzene rings is 3. The van der Waals surface area contributed by atoms with Crippen molar-refractivity contribution in [2.45, 2.75) is 0 Å². The third kappa shape index (κ3) is 2.27. The Hall–Kier alpha value is -3.33. The van der Waals surface area contributed by atoms with Crippen molar-refractivity contribution >= 4 is 16.8 Å². The predicted octanol–water partition coefficient (Wildman–Crippen LogP) is 5.04. The highest BCUT2D eigenvalue weighted by atomic mass is 16.3. The molecule has 0 aliphatic rings. The minimum Gasteiger partial charge on any atom is -0.507 e. The van der Waals surface area contributed by atoms with Crippen LogP contribution in [0.1, 0.15) is 16.1 Å². The first-order valence-corrected chi connectivity index (χ1v) is 7.65. The first-order chi connectivity index (χ1) is 11.8. The molecule has 116 valence electrons. The Morgan fingerprint density at radius 3 is 2.17 bits per heavy atom. The third-order valence-corrected chi connectivity index (χ3v) is 4.00. The molecule has 0 bridgehead atoms. The van der Waals surface area contributed by atoms with Gasteiger partial charge in [-0.25, -0.2) is 0 Å². The van der Waals surface area contributed by atoms with Crippen LogP contribution in [0.5, 0.6) is 5.75 Å². The summed E-state index contributed by atoms with van der Waals surface area (Å²) < 4.78 is 5.84. The van der Waals surface area contributed by atoms with Crippen LogP contribution in [0, 0.1) is 0 Å². The summed E-state index contributed by atoms with van der Waals surface area (Å²) in [4.78, 5) is 12.9. The van der Waals surface area contributed by atoms with Crippen molar-refractivity contribution < 1.29 is 14.3 Å². The second kappa shape index (κ2) is 5.70. The van der Waals surface area contributed by atoms with Gasteiger partial charge in [-0.2, -0.15) is 0 Å². The molecule has 3 heteroatoms. The Bertz CT molecular complexity index is 1020. The van der Waals surface area contributed by atoms with Crippen LogP contribution in [-0.4, -0.2) is 10.9 Å². The molecule has 4 aromatic rings. The molecular formula is C21H14O3. The molecule has 1 N–H and O–H groups in total. The van der Waals surface area contributed by atoms with Crippen molar-refractivity contribution in [2.24, 2.45) is 0 Å². The molecule has 0 amide bonds. The maximum atomic E-state index is 12.9. The number of phenolic OH excluding ortho intramolecular Hbond substituents is 1. The summed E-state index contributed by atoms with van der Waals surface area (Å²) in [7, 11) is 0. The normalized spacial score (nSPS) is 10.8. The predicted molar refractivity (Wildman–Crippen MR) is 93.2 cm³/mol. The van der Waals surface area contributed by atoms with Crippen LogP contribution in [0.15, 0.2) is 83.3 Å². The zero-order valence-corrected chi connectivity index (χ0v) is 12.8. The van der Waals surface area contributed by atoms with Crippen molar-refractivity contribution in [3.63, 3.8) is 0 Å². The van der Waals surface area contributed by atoms with Gasteiger partial charge in [0, 0.05) is 11.1 Å². The van der Waals surface area contributed by atoms with Crippen LogP contribution >= 0.6 is 0 Å². The smallest absolute Gasteiger partial charge is 0.228 e. The van der Waals surface area contributed by atoms with E-state index in [1.165, 1.54) is 0 Å². The molecule has 0 atom stereocenters. The molecule has 0 aliphatic heterocycles. The van der Waals surface area contributed by atoms with Crippen molar-refractivity contribution in [1.29, 1.82) is 0 Å². The van der Waals surface area contributed by atoms with E-state index in [0.29, 0.717) is 22.1 Å². The van der Waals surface area contributed by atoms with Crippen molar-refractivity contribution in [1.82, 2.24) is 0 Å². The average molecular weight is 314 g/mol. The number of aromatic hydroxyl groups is 1. The van der Waals surface area contributed by atoms with E-state index in [2.05, 4.69) is 0 Å². The Morgan fingerprint density at radius 2 is 1.46 bits per heavy atom. The van der Waals surface area contributed by atoms with Crippen LogP contribution in [0.25, 0.3) is 22.1 Å². The second-order valence-corrected chi connectivity index (χ2v) is 5.52. The number of furan rings is 1. The minimum atomic E-state index is -0.204. The zero-order valence-electron chi connectivity index (χ0n) is 12.8. The zero-order chi connectivity index (χ0) is 16.5. The Balaban J connectivity index is 2.02. The Morgan fingerprint density at radius 1 is 0.792 bits per heavy atom. The van der Waals surface area contributed by atoms with Gasteiger partial charge < -0.3 is 9.52 Å². The lowest BCUT2D eigenvalue weighted by atomic mass is 9.97. The maximum absolute atomic E-state index is 12.9. The van der Waals surface area contributed by atoms with E-state index in [4.69, 9.17) is 4.42 Å². The van der Waals surface area contributed by atoms with Crippen LogP contribution in [0.4, 0.5) is 0 Å². The SMILES string of the molecule is O=C(c1ccccc1)c1oc2cccc(O)c2c1-c1ccccc1.